The van der Waals surface area contributed by atoms with E-state index in [2.05, 4.69) is 18.7 Å². The van der Waals surface area contributed by atoms with Crippen LogP contribution in [-0.4, -0.2) is 52.8 Å². The maximum Gasteiger partial charge on any atom is 0.290 e. The minimum atomic E-state index is -0.793. The van der Waals surface area contributed by atoms with Crippen LogP contribution in [0.4, 0.5) is 0 Å². The van der Waals surface area contributed by atoms with Gasteiger partial charge >= 0.3 is 0 Å². The molecule has 7 heteroatoms. The van der Waals surface area contributed by atoms with E-state index in [0.29, 0.717) is 35.7 Å². The van der Waals surface area contributed by atoms with Crippen molar-refractivity contribution < 1.29 is 23.8 Å². The lowest BCUT2D eigenvalue weighted by atomic mass is 9.95. The first kappa shape index (κ1) is 25.3. The van der Waals surface area contributed by atoms with E-state index in [0.717, 1.165) is 18.5 Å². The largest absolute Gasteiger partial charge is 0.503 e. The molecule has 1 N–H and O–H groups in total. The minimum absolute atomic E-state index is 0.00506. The Morgan fingerprint density at radius 2 is 1.66 bits per heavy atom. The number of aliphatic hydroxyl groups is 1. The van der Waals surface area contributed by atoms with Gasteiger partial charge in [-0.15, -0.1) is 0 Å². The second-order valence-electron chi connectivity index (χ2n) is 9.16. The molecule has 0 saturated carbocycles. The number of amides is 1. The summed E-state index contributed by atoms with van der Waals surface area (Å²) in [6, 6.07) is 24.8. The van der Waals surface area contributed by atoms with Crippen molar-refractivity contribution >= 4 is 22.7 Å². The molecule has 2 heterocycles. The summed E-state index contributed by atoms with van der Waals surface area (Å²) in [6.45, 7) is 6.72. The molecule has 4 aromatic rings. The molecule has 0 aliphatic carbocycles. The summed E-state index contributed by atoms with van der Waals surface area (Å²) in [7, 11) is 0. The highest BCUT2D eigenvalue weighted by Gasteiger charge is 2.44. The fourth-order valence-corrected chi connectivity index (χ4v) is 4.85. The Morgan fingerprint density at radius 3 is 2.39 bits per heavy atom. The number of likely N-dealkylation sites (N-methyl/N-ethyl adjacent to an activating group) is 1. The number of benzene rings is 3. The number of aliphatic hydroxyl groups excluding tert-OH is 1. The minimum Gasteiger partial charge on any atom is -0.503 e. The number of ketones is 1. The zero-order valence-corrected chi connectivity index (χ0v) is 21.5. The number of carbonyl (C=O) groups is 2. The van der Waals surface area contributed by atoms with Crippen molar-refractivity contribution in [2.24, 2.45) is 0 Å². The Hall–Kier alpha value is -4.36. The number of ether oxygens (including phenoxy) is 1. The molecule has 1 amide bonds. The van der Waals surface area contributed by atoms with Gasteiger partial charge in [-0.2, -0.15) is 0 Å². The van der Waals surface area contributed by atoms with Gasteiger partial charge in [0.05, 0.1) is 11.6 Å². The number of furan rings is 1. The molecule has 1 aliphatic rings. The molecule has 0 saturated heterocycles. The SMILES string of the molecule is CCN(CC)CCN1C(=O)C(O)=C(C(=O)c2cc3ccccc3o2)C1c1cccc(Oc2ccccc2)c1. The topological polar surface area (TPSA) is 83.2 Å². The molecule has 1 unspecified atom stereocenters. The normalized spacial score (nSPS) is 15.6. The smallest absolute Gasteiger partial charge is 0.290 e. The van der Waals surface area contributed by atoms with Gasteiger partial charge in [0.15, 0.2) is 11.5 Å². The third-order valence-corrected chi connectivity index (χ3v) is 6.90. The van der Waals surface area contributed by atoms with E-state index in [-0.39, 0.29) is 11.3 Å². The predicted molar refractivity (Wildman–Crippen MR) is 145 cm³/mol. The van der Waals surface area contributed by atoms with Crippen LogP contribution < -0.4 is 4.74 Å². The predicted octanol–water partition coefficient (Wildman–Crippen LogP) is 6.15. The Bertz CT molecular complexity index is 1450. The van der Waals surface area contributed by atoms with E-state index >= 15 is 0 Å². The van der Waals surface area contributed by atoms with Gasteiger partial charge < -0.3 is 24.1 Å². The number of hydrogen-bond donors (Lipinski definition) is 1. The van der Waals surface area contributed by atoms with Crippen LogP contribution in [0.3, 0.4) is 0 Å². The van der Waals surface area contributed by atoms with E-state index in [1.165, 1.54) is 0 Å². The zero-order valence-electron chi connectivity index (χ0n) is 21.5. The first-order valence-corrected chi connectivity index (χ1v) is 12.8. The molecule has 7 nitrogen and oxygen atoms in total. The number of hydrogen-bond acceptors (Lipinski definition) is 6. The van der Waals surface area contributed by atoms with Crippen LogP contribution in [-0.2, 0) is 4.79 Å². The zero-order chi connectivity index (χ0) is 26.6. The van der Waals surface area contributed by atoms with Gasteiger partial charge in [0.25, 0.3) is 5.91 Å². The summed E-state index contributed by atoms with van der Waals surface area (Å²) in [6.07, 6.45) is 0. The van der Waals surface area contributed by atoms with Crippen LogP contribution >= 0.6 is 0 Å². The molecule has 0 bridgehead atoms. The third-order valence-electron chi connectivity index (χ3n) is 6.90. The number of para-hydroxylation sites is 2. The summed E-state index contributed by atoms with van der Waals surface area (Å²) in [5.41, 5.74) is 1.23. The van der Waals surface area contributed by atoms with Gasteiger partial charge in [-0.1, -0.05) is 62.4 Å². The van der Waals surface area contributed by atoms with Crippen LogP contribution in [0.5, 0.6) is 11.5 Å². The molecule has 194 valence electrons. The first-order chi connectivity index (χ1) is 18.5. The summed E-state index contributed by atoms with van der Waals surface area (Å²) >= 11 is 0. The lowest BCUT2D eigenvalue weighted by Crippen LogP contribution is -2.38. The fraction of sp³-hybridized carbons (Fsp3) is 0.226. The third kappa shape index (κ3) is 4.93. The summed E-state index contributed by atoms with van der Waals surface area (Å²) in [5.74, 6) is -0.329. The molecular formula is C31H30N2O5. The Morgan fingerprint density at radius 1 is 0.947 bits per heavy atom. The Balaban J connectivity index is 1.54. The van der Waals surface area contributed by atoms with Gasteiger partial charge in [0, 0.05) is 18.5 Å². The van der Waals surface area contributed by atoms with Gasteiger partial charge in [-0.25, -0.2) is 0 Å². The molecule has 0 radical (unpaired) electrons. The van der Waals surface area contributed by atoms with Crippen molar-refractivity contribution in [3.05, 3.63) is 108 Å². The molecule has 1 aromatic heterocycles. The van der Waals surface area contributed by atoms with E-state index in [1.54, 1.807) is 23.1 Å². The van der Waals surface area contributed by atoms with E-state index < -0.39 is 23.5 Å². The number of rotatable bonds is 10. The highest BCUT2D eigenvalue weighted by Crippen LogP contribution is 2.40. The average Bonchev–Trinajstić information content (AvgIpc) is 3.49. The molecule has 1 atom stereocenters. The molecule has 1 aliphatic heterocycles. The van der Waals surface area contributed by atoms with Crippen molar-refractivity contribution in [1.29, 1.82) is 0 Å². The first-order valence-electron chi connectivity index (χ1n) is 12.8. The summed E-state index contributed by atoms with van der Waals surface area (Å²) in [5, 5.41) is 11.8. The maximum atomic E-state index is 13.8. The van der Waals surface area contributed by atoms with Crippen LogP contribution in [0.1, 0.15) is 36.0 Å². The standard InChI is InChI=1S/C31H30N2O5/c1-3-32(4-2)17-18-33-28(22-12-10-15-24(19-22)37-23-13-6-5-7-14-23)27(30(35)31(33)36)29(34)26-20-21-11-8-9-16-25(21)38-26/h5-16,19-20,28,35H,3-4,17-18H2,1-2H3. The van der Waals surface area contributed by atoms with Crippen molar-refractivity contribution in [1.82, 2.24) is 9.80 Å². The van der Waals surface area contributed by atoms with E-state index in [9.17, 15) is 14.7 Å². The maximum absolute atomic E-state index is 13.8. The molecular weight excluding hydrogens is 480 g/mol. The number of carbonyl (C=O) groups excluding carboxylic acids is 2. The highest BCUT2D eigenvalue weighted by molar-refractivity contribution is 6.16. The Kier molecular flexibility index (Phi) is 7.29. The Labute approximate surface area is 221 Å². The van der Waals surface area contributed by atoms with Gasteiger partial charge in [0.2, 0.25) is 5.78 Å². The lowest BCUT2D eigenvalue weighted by molar-refractivity contribution is -0.129. The molecule has 38 heavy (non-hydrogen) atoms. The van der Waals surface area contributed by atoms with Gasteiger partial charge in [-0.3, -0.25) is 9.59 Å². The van der Waals surface area contributed by atoms with Crippen LogP contribution in [0, 0.1) is 0 Å². The van der Waals surface area contributed by atoms with Crippen molar-refractivity contribution in [3.63, 3.8) is 0 Å². The average molecular weight is 511 g/mol. The van der Waals surface area contributed by atoms with Crippen LogP contribution in [0.15, 0.2) is 101 Å². The quantitative estimate of drug-likeness (QED) is 0.258. The lowest BCUT2D eigenvalue weighted by Gasteiger charge is -2.29. The van der Waals surface area contributed by atoms with Crippen molar-refractivity contribution in [3.8, 4) is 11.5 Å². The second kappa shape index (κ2) is 10.9. The fourth-order valence-electron chi connectivity index (χ4n) is 4.85. The molecule has 0 fully saturated rings. The van der Waals surface area contributed by atoms with Crippen LogP contribution in [0.25, 0.3) is 11.0 Å². The highest BCUT2D eigenvalue weighted by atomic mass is 16.5. The number of nitrogens with zero attached hydrogens (tertiary/aromatic N) is 2. The van der Waals surface area contributed by atoms with Crippen molar-refractivity contribution in [2.45, 2.75) is 19.9 Å². The van der Waals surface area contributed by atoms with E-state index in [1.807, 2.05) is 66.7 Å². The summed E-state index contributed by atoms with van der Waals surface area (Å²) in [4.78, 5) is 30.9. The molecule has 5 rings (SSSR count). The summed E-state index contributed by atoms with van der Waals surface area (Å²) < 4.78 is 11.9. The number of fused-ring (bicyclic) bond motifs is 1. The molecule has 3 aromatic carbocycles. The van der Waals surface area contributed by atoms with Gasteiger partial charge in [0.1, 0.15) is 17.1 Å². The second-order valence-corrected chi connectivity index (χ2v) is 9.16. The van der Waals surface area contributed by atoms with E-state index in [4.69, 9.17) is 9.15 Å². The van der Waals surface area contributed by atoms with Gasteiger partial charge in [-0.05, 0) is 55.1 Å². The monoisotopic (exact) mass is 510 g/mol. The van der Waals surface area contributed by atoms with Crippen molar-refractivity contribution in [2.75, 3.05) is 26.2 Å². The van der Waals surface area contributed by atoms with Crippen LogP contribution in [0.2, 0.25) is 0 Å². The molecule has 0 spiro atoms. The number of Topliss-reactive ketones (excluding diaryl/α,β-unsaturated/α-hetero) is 1.